The molecule has 2 N–H and O–H groups in total. The molecule has 0 spiro atoms. The van der Waals surface area contributed by atoms with Gasteiger partial charge in [-0.15, -0.1) is 24.0 Å². The summed E-state index contributed by atoms with van der Waals surface area (Å²) in [6, 6.07) is 13.7. The minimum Gasteiger partial charge on any atom is -0.491 e. The van der Waals surface area contributed by atoms with Gasteiger partial charge >= 0.3 is 6.18 Å². The van der Waals surface area contributed by atoms with Crippen molar-refractivity contribution in [2.45, 2.75) is 12.6 Å². The quantitative estimate of drug-likeness (QED) is 0.293. The van der Waals surface area contributed by atoms with E-state index in [0.29, 0.717) is 19.1 Å². The third-order valence-electron chi connectivity index (χ3n) is 3.33. The van der Waals surface area contributed by atoms with Crippen molar-refractivity contribution < 1.29 is 17.9 Å². The van der Waals surface area contributed by atoms with Gasteiger partial charge in [0, 0.05) is 19.0 Å². The first-order valence-electron chi connectivity index (χ1n) is 7.61. The summed E-state index contributed by atoms with van der Waals surface area (Å²) in [6.45, 7) is 0.580. The van der Waals surface area contributed by atoms with Gasteiger partial charge in [-0.25, -0.2) is 0 Å². The summed E-state index contributed by atoms with van der Waals surface area (Å²) in [7, 11) is 1.51. The summed E-state index contributed by atoms with van der Waals surface area (Å²) < 4.78 is 42.1. The first-order chi connectivity index (χ1) is 11.5. The van der Waals surface area contributed by atoms with E-state index in [4.69, 9.17) is 4.74 Å². The van der Waals surface area contributed by atoms with E-state index in [9.17, 15) is 13.2 Å². The largest absolute Gasteiger partial charge is 0.491 e. The van der Waals surface area contributed by atoms with E-state index in [1.807, 2.05) is 42.5 Å². The molecule has 0 aliphatic rings. The molecule has 0 heterocycles. The molecule has 0 unspecified atom stereocenters. The summed E-state index contributed by atoms with van der Waals surface area (Å²) in [6.07, 6.45) is -5.08. The average Bonchev–Trinajstić information content (AvgIpc) is 2.56. The molecule has 2 aromatic carbocycles. The molecule has 0 atom stereocenters. The summed E-state index contributed by atoms with van der Waals surface area (Å²) in [5.74, 6) is 1.09. The summed E-state index contributed by atoms with van der Waals surface area (Å²) in [5, 5.41) is 7.65. The van der Waals surface area contributed by atoms with Gasteiger partial charge in [0.15, 0.2) is 5.96 Å². The van der Waals surface area contributed by atoms with Crippen molar-refractivity contribution in [2.24, 2.45) is 4.99 Å². The number of hydrogen-bond donors (Lipinski definition) is 2. The fourth-order valence-electron chi connectivity index (χ4n) is 2.20. The van der Waals surface area contributed by atoms with Gasteiger partial charge < -0.3 is 15.4 Å². The number of hydrogen-bond acceptors (Lipinski definition) is 2. The van der Waals surface area contributed by atoms with E-state index < -0.39 is 12.6 Å². The maximum atomic E-state index is 12.1. The van der Waals surface area contributed by atoms with Gasteiger partial charge in [-0.1, -0.05) is 36.4 Å². The smallest absolute Gasteiger partial charge is 0.390 e. The highest BCUT2D eigenvalue weighted by Crippen LogP contribution is 2.24. The number of ether oxygens (including phenoxy) is 1. The third-order valence-corrected chi connectivity index (χ3v) is 3.33. The first kappa shape index (κ1) is 21.3. The maximum Gasteiger partial charge on any atom is 0.390 e. The van der Waals surface area contributed by atoms with Crippen LogP contribution >= 0.6 is 24.0 Å². The maximum absolute atomic E-state index is 12.1. The second-order valence-electron chi connectivity index (χ2n) is 5.12. The van der Waals surface area contributed by atoms with Crippen LogP contribution in [0.25, 0.3) is 10.8 Å². The molecule has 0 aliphatic carbocycles. The molecule has 0 saturated heterocycles. The van der Waals surface area contributed by atoms with E-state index in [1.54, 1.807) is 0 Å². The van der Waals surface area contributed by atoms with Crippen molar-refractivity contribution in [3.05, 3.63) is 42.5 Å². The molecule has 0 aromatic heterocycles. The topological polar surface area (TPSA) is 45.7 Å². The SMILES string of the molecule is CN=C(NCCOc1cccc2ccccc12)NCCC(F)(F)F.I. The van der Waals surface area contributed by atoms with E-state index in [1.165, 1.54) is 7.05 Å². The number of nitrogens with zero attached hydrogens (tertiary/aromatic N) is 1. The number of halogens is 4. The Morgan fingerprint density at radius 2 is 1.72 bits per heavy atom. The van der Waals surface area contributed by atoms with Gasteiger partial charge in [0.05, 0.1) is 13.0 Å². The van der Waals surface area contributed by atoms with Crippen LogP contribution in [0, 0.1) is 0 Å². The van der Waals surface area contributed by atoms with E-state index in [0.717, 1.165) is 16.5 Å². The highest BCUT2D eigenvalue weighted by Gasteiger charge is 2.26. The van der Waals surface area contributed by atoms with Crippen LogP contribution in [-0.4, -0.2) is 38.9 Å². The average molecular weight is 467 g/mol. The fraction of sp³-hybridized carbons (Fsp3) is 0.353. The van der Waals surface area contributed by atoms with Gasteiger partial charge in [0.2, 0.25) is 0 Å². The van der Waals surface area contributed by atoms with Crippen LogP contribution in [0.1, 0.15) is 6.42 Å². The summed E-state index contributed by atoms with van der Waals surface area (Å²) >= 11 is 0. The van der Waals surface area contributed by atoms with Crippen LogP contribution in [0.15, 0.2) is 47.5 Å². The minimum absolute atomic E-state index is 0. The van der Waals surface area contributed by atoms with Gasteiger partial charge in [0.25, 0.3) is 0 Å². The molecular weight excluding hydrogens is 446 g/mol. The van der Waals surface area contributed by atoms with Crippen molar-refractivity contribution in [1.29, 1.82) is 0 Å². The molecule has 2 rings (SSSR count). The van der Waals surface area contributed by atoms with Crippen molar-refractivity contribution >= 4 is 40.7 Å². The Kier molecular flexibility index (Phi) is 8.81. The van der Waals surface area contributed by atoms with Gasteiger partial charge in [-0.05, 0) is 11.5 Å². The Bertz CT molecular complexity index is 687. The number of benzene rings is 2. The monoisotopic (exact) mass is 467 g/mol. The molecule has 4 nitrogen and oxygen atoms in total. The Morgan fingerprint density at radius 3 is 2.44 bits per heavy atom. The lowest BCUT2D eigenvalue weighted by Crippen LogP contribution is -2.40. The molecule has 0 radical (unpaired) electrons. The Hall–Kier alpha value is -1.71. The molecule has 0 aliphatic heterocycles. The van der Waals surface area contributed by atoms with Gasteiger partial charge in [-0.3, -0.25) is 4.99 Å². The lowest BCUT2D eigenvalue weighted by Gasteiger charge is -2.14. The number of alkyl halides is 3. The van der Waals surface area contributed by atoms with E-state index in [-0.39, 0.29) is 30.5 Å². The van der Waals surface area contributed by atoms with Gasteiger partial charge in [-0.2, -0.15) is 13.2 Å². The van der Waals surface area contributed by atoms with Crippen molar-refractivity contribution in [3.8, 4) is 5.75 Å². The van der Waals surface area contributed by atoms with Crippen molar-refractivity contribution in [1.82, 2.24) is 10.6 Å². The van der Waals surface area contributed by atoms with Gasteiger partial charge in [0.1, 0.15) is 12.4 Å². The molecular formula is C17H21F3IN3O. The van der Waals surface area contributed by atoms with Crippen LogP contribution in [0.4, 0.5) is 13.2 Å². The Labute approximate surface area is 161 Å². The molecule has 0 amide bonds. The third kappa shape index (κ3) is 7.37. The predicted octanol–water partition coefficient (Wildman–Crippen LogP) is 3.95. The number of aliphatic imine (C=N–C) groups is 1. The predicted molar refractivity (Wildman–Crippen MR) is 105 cm³/mol. The number of nitrogens with one attached hydrogen (secondary N) is 2. The Balaban J connectivity index is 0.00000312. The van der Waals surface area contributed by atoms with E-state index in [2.05, 4.69) is 15.6 Å². The molecule has 2 aromatic rings. The normalized spacial score (nSPS) is 11.8. The van der Waals surface area contributed by atoms with Crippen molar-refractivity contribution in [2.75, 3.05) is 26.7 Å². The highest BCUT2D eigenvalue weighted by molar-refractivity contribution is 14.0. The molecule has 8 heteroatoms. The lowest BCUT2D eigenvalue weighted by atomic mass is 10.1. The second kappa shape index (κ2) is 10.3. The zero-order chi connectivity index (χ0) is 17.4. The second-order valence-corrected chi connectivity index (χ2v) is 5.12. The number of guanidine groups is 1. The zero-order valence-electron chi connectivity index (χ0n) is 13.8. The molecule has 138 valence electrons. The summed E-state index contributed by atoms with van der Waals surface area (Å²) in [5.41, 5.74) is 0. The van der Waals surface area contributed by atoms with Crippen LogP contribution in [0.3, 0.4) is 0 Å². The van der Waals surface area contributed by atoms with E-state index >= 15 is 0 Å². The fourth-order valence-corrected chi connectivity index (χ4v) is 2.20. The standard InChI is InChI=1S/C17H20F3N3O.HI/c1-21-16(22-10-9-17(18,19)20)23-11-12-24-15-8-4-6-13-5-2-3-7-14(13)15;/h2-8H,9-12H2,1H3,(H2,21,22,23);1H. The molecule has 25 heavy (non-hydrogen) atoms. The minimum atomic E-state index is -4.18. The molecule has 0 bridgehead atoms. The highest BCUT2D eigenvalue weighted by atomic mass is 127. The van der Waals surface area contributed by atoms with Crippen molar-refractivity contribution in [3.63, 3.8) is 0 Å². The number of rotatable bonds is 6. The molecule has 0 fully saturated rings. The van der Waals surface area contributed by atoms with Crippen LogP contribution in [-0.2, 0) is 0 Å². The van der Waals surface area contributed by atoms with Crippen LogP contribution in [0.5, 0.6) is 5.75 Å². The molecule has 0 saturated carbocycles. The van der Waals surface area contributed by atoms with Crippen LogP contribution in [0.2, 0.25) is 0 Å². The Morgan fingerprint density at radius 1 is 1.04 bits per heavy atom. The number of fused-ring (bicyclic) bond motifs is 1. The zero-order valence-corrected chi connectivity index (χ0v) is 16.1. The summed E-state index contributed by atoms with van der Waals surface area (Å²) in [4.78, 5) is 3.87. The first-order valence-corrected chi connectivity index (χ1v) is 7.61. The lowest BCUT2D eigenvalue weighted by molar-refractivity contribution is -0.132. The van der Waals surface area contributed by atoms with Crippen LogP contribution < -0.4 is 15.4 Å².